The van der Waals surface area contributed by atoms with Gasteiger partial charge in [0.25, 0.3) is 0 Å². The first-order valence-corrected chi connectivity index (χ1v) is 10.5. The fourth-order valence-corrected chi connectivity index (χ4v) is 4.32. The van der Waals surface area contributed by atoms with E-state index in [2.05, 4.69) is 36.1 Å². The van der Waals surface area contributed by atoms with E-state index in [9.17, 15) is 9.90 Å². The minimum Gasteiger partial charge on any atom is -0.480 e. The Morgan fingerprint density at radius 3 is 2.37 bits per heavy atom. The second kappa shape index (κ2) is 9.14. The van der Waals surface area contributed by atoms with E-state index >= 15 is 0 Å². The molecular formula is C26H27NO3. The fourth-order valence-electron chi connectivity index (χ4n) is 4.32. The molecule has 3 aromatic carbocycles. The van der Waals surface area contributed by atoms with Gasteiger partial charge in [-0.2, -0.15) is 0 Å². The van der Waals surface area contributed by atoms with E-state index in [-0.39, 0.29) is 6.04 Å². The molecular weight excluding hydrogens is 374 g/mol. The molecule has 2 unspecified atom stereocenters. The molecule has 0 aromatic heterocycles. The van der Waals surface area contributed by atoms with Gasteiger partial charge in [-0.25, -0.2) is 0 Å². The molecule has 4 heteroatoms. The smallest absolute Gasteiger partial charge is 0.320 e. The Bertz CT molecular complexity index is 1000. The quantitative estimate of drug-likeness (QED) is 0.566. The van der Waals surface area contributed by atoms with Crippen molar-refractivity contribution in [2.75, 3.05) is 6.54 Å². The molecule has 1 N–H and O–H groups in total. The molecule has 0 bridgehead atoms. The highest BCUT2D eigenvalue weighted by Crippen LogP contribution is 2.36. The largest absolute Gasteiger partial charge is 0.480 e. The summed E-state index contributed by atoms with van der Waals surface area (Å²) >= 11 is 0. The molecule has 0 aliphatic carbocycles. The topological polar surface area (TPSA) is 49.8 Å². The number of hydrogen-bond acceptors (Lipinski definition) is 3. The third kappa shape index (κ3) is 4.55. The Kier molecular flexibility index (Phi) is 6.15. The highest BCUT2D eigenvalue weighted by molar-refractivity contribution is 5.73. The van der Waals surface area contributed by atoms with E-state index < -0.39 is 12.0 Å². The van der Waals surface area contributed by atoms with Crippen LogP contribution in [0.5, 0.6) is 11.5 Å². The minimum atomic E-state index is -0.746. The number of carboxylic acid groups (broad SMARTS) is 1. The van der Waals surface area contributed by atoms with Crippen LogP contribution in [0.3, 0.4) is 0 Å². The van der Waals surface area contributed by atoms with E-state index in [1.54, 1.807) is 0 Å². The maximum atomic E-state index is 12.0. The molecule has 0 radical (unpaired) electrons. The number of aryl methyl sites for hydroxylation is 1. The van der Waals surface area contributed by atoms with Gasteiger partial charge in [-0.05, 0) is 61.7 Å². The van der Waals surface area contributed by atoms with Crippen molar-refractivity contribution in [3.63, 3.8) is 0 Å². The maximum absolute atomic E-state index is 12.0. The van der Waals surface area contributed by atoms with Crippen molar-refractivity contribution in [3.8, 4) is 11.5 Å². The first kappa shape index (κ1) is 20.2. The summed E-state index contributed by atoms with van der Waals surface area (Å²) < 4.78 is 6.06. The van der Waals surface area contributed by atoms with E-state index in [1.165, 1.54) is 0 Å². The summed E-state index contributed by atoms with van der Waals surface area (Å²) in [6, 6.07) is 25.5. The third-order valence-electron chi connectivity index (χ3n) is 5.67. The summed E-state index contributed by atoms with van der Waals surface area (Å²) in [5.74, 6) is 0.785. The normalized spacial score (nSPS) is 18.0. The number of likely N-dealkylation sites (tertiary alicyclic amines) is 1. The summed E-state index contributed by atoms with van der Waals surface area (Å²) in [4.78, 5) is 14.2. The molecule has 0 amide bonds. The van der Waals surface area contributed by atoms with Crippen LogP contribution in [0, 0.1) is 6.92 Å². The van der Waals surface area contributed by atoms with Crippen molar-refractivity contribution in [1.82, 2.24) is 4.90 Å². The number of piperidine rings is 1. The number of carboxylic acids is 1. The van der Waals surface area contributed by atoms with Gasteiger partial charge in [-0.15, -0.1) is 0 Å². The number of nitrogens with zero attached hydrogens (tertiary/aromatic N) is 1. The lowest BCUT2D eigenvalue weighted by molar-refractivity contribution is -0.145. The zero-order valence-corrected chi connectivity index (χ0v) is 17.2. The van der Waals surface area contributed by atoms with E-state index in [4.69, 9.17) is 4.74 Å². The monoisotopic (exact) mass is 401 g/mol. The predicted molar refractivity (Wildman–Crippen MR) is 118 cm³/mol. The molecule has 0 saturated carbocycles. The lowest BCUT2D eigenvalue weighted by Gasteiger charge is -2.39. The predicted octanol–water partition coefficient (Wildman–Crippen LogP) is 5.82. The van der Waals surface area contributed by atoms with Gasteiger partial charge in [-0.3, -0.25) is 9.69 Å². The molecule has 1 fully saturated rings. The zero-order valence-electron chi connectivity index (χ0n) is 17.2. The molecule has 154 valence electrons. The van der Waals surface area contributed by atoms with E-state index in [0.29, 0.717) is 6.42 Å². The Morgan fingerprint density at radius 2 is 1.63 bits per heavy atom. The lowest BCUT2D eigenvalue weighted by Crippen LogP contribution is -2.46. The number of benzene rings is 3. The van der Waals surface area contributed by atoms with Gasteiger partial charge in [-0.1, -0.05) is 66.6 Å². The number of hydrogen-bond donors (Lipinski definition) is 1. The van der Waals surface area contributed by atoms with Crippen molar-refractivity contribution >= 4 is 5.97 Å². The number of carbonyl (C=O) groups is 1. The van der Waals surface area contributed by atoms with Crippen LogP contribution in [-0.2, 0) is 4.79 Å². The number of rotatable bonds is 6. The molecule has 1 heterocycles. The fraction of sp³-hybridized carbons (Fsp3) is 0.269. The van der Waals surface area contributed by atoms with Gasteiger partial charge in [0.05, 0.1) is 6.04 Å². The summed E-state index contributed by atoms with van der Waals surface area (Å²) in [5, 5.41) is 9.89. The van der Waals surface area contributed by atoms with Crippen LogP contribution in [-0.4, -0.2) is 28.6 Å². The van der Waals surface area contributed by atoms with Crippen molar-refractivity contribution in [3.05, 3.63) is 95.6 Å². The standard InChI is InChI=1S/C26H27NO3/c1-19-9-7-10-20(17-19)25(27-16-6-5-15-24(27)26(28)29)21-11-8-14-23(18-21)30-22-12-3-2-4-13-22/h2-4,7-14,17-18,24-25H,5-6,15-16H2,1H3,(H,28,29). The Labute approximate surface area is 177 Å². The summed E-state index contributed by atoms with van der Waals surface area (Å²) in [6.07, 6.45) is 2.63. The van der Waals surface area contributed by atoms with E-state index in [0.717, 1.165) is 47.6 Å². The second-order valence-corrected chi connectivity index (χ2v) is 7.89. The summed E-state index contributed by atoms with van der Waals surface area (Å²) in [6.45, 7) is 2.83. The van der Waals surface area contributed by atoms with Gasteiger partial charge >= 0.3 is 5.97 Å². The highest BCUT2D eigenvalue weighted by Gasteiger charge is 2.35. The highest BCUT2D eigenvalue weighted by atomic mass is 16.5. The molecule has 3 aromatic rings. The Hall–Kier alpha value is -3.11. The first-order chi connectivity index (χ1) is 14.6. The van der Waals surface area contributed by atoms with Gasteiger partial charge in [0.1, 0.15) is 17.5 Å². The average Bonchev–Trinajstić information content (AvgIpc) is 2.75. The molecule has 4 rings (SSSR count). The van der Waals surface area contributed by atoms with Crippen molar-refractivity contribution in [2.45, 2.75) is 38.3 Å². The molecule has 30 heavy (non-hydrogen) atoms. The SMILES string of the molecule is Cc1cccc(C(c2cccc(Oc3ccccc3)c2)N2CCCCC2C(=O)O)c1. The van der Waals surface area contributed by atoms with Gasteiger partial charge < -0.3 is 9.84 Å². The van der Waals surface area contributed by atoms with Crippen molar-refractivity contribution < 1.29 is 14.6 Å². The van der Waals surface area contributed by atoms with Gasteiger partial charge in [0.2, 0.25) is 0 Å². The number of para-hydroxylation sites is 1. The van der Waals surface area contributed by atoms with Gasteiger partial charge in [0.15, 0.2) is 0 Å². The van der Waals surface area contributed by atoms with Crippen LogP contribution >= 0.6 is 0 Å². The van der Waals surface area contributed by atoms with Crippen molar-refractivity contribution in [1.29, 1.82) is 0 Å². The minimum absolute atomic E-state index is 0.134. The lowest BCUT2D eigenvalue weighted by atomic mass is 9.91. The summed E-state index contributed by atoms with van der Waals surface area (Å²) in [5.41, 5.74) is 3.32. The summed E-state index contributed by atoms with van der Waals surface area (Å²) in [7, 11) is 0. The number of ether oxygens (including phenoxy) is 1. The first-order valence-electron chi connectivity index (χ1n) is 10.5. The van der Waals surface area contributed by atoms with E-state index in [1.807, 2.05) is 54.6 Å². The second-order valence-electron chi connectivity index (χ2n) is 7.89. The maximum Gasteiger partial charge on any atom is 0.320 e. The van der Waals surface area contributed by atoms with Crippen molar-refractivity contribution in [2.24, 2.45) is 0 Å². The molecule has 1 aliphatic heterocycles. The molecule has 1 aliphatic rings. The number of aliphatic carboxylic acids is 1. The molecule has 0 spiro atoms. The van der Waals surface area contributed by atoms with Crippen LogP contribution < -0.4 is 4.74 Å². The van der Waals surface area contributed by atoms with Crippen LogP contribution in [0.15, 0.2) is 78.9 Å². The van der Waals surface area contributed by atoms with Crippen LogP contribution in [0.1, 0.15) is 42.0 Å². The van der Waals surface area contributed by atoms with Crippen LogP contribution in [0.2, 0.25) is 0 Å². The molecule has 4 nitrogen and oxygen atoms in total. The zero-order chi connectivity index (χ0) is 20.9. The third-order valence-corrected chi connectivity index (χ3v) is 5.67. The molecule has 1 saturated heterocycles. The Morgan fingerprint density at radius 1 is 0.933 bits per heavy atom. The van der Waals surface area contributed by atoms with Crippen LogP contribution in [0.25, 0.3) is 0 Å². The van der Waals surface area contributed by atoms with Gasteiger partial charge in [0, 0.05) is 0 Å². The molecule has 2 atom stereocenters. The Balaban J connectivity index is 1.74. The van der Waals surface area contributed by atoms with Crippen LogP contribution in [0.4, 0.5) is 0 Å². The average molecular weight is 402 g/mol.